The van der Waals surface area contributed by atoms with Gasteiger partial charge in [0, 0.05) is 12.3 Å². The van der Waals surface area contributed by atoms with Gasteiger partial charge in [-0.15, -0.1) is 0 Å². The van der Waals surface area contributed by atoms with Gasteiger partial charge in [0.05, 0.1) is 18.3 Å². The molecule has 10 heteroatoms. The summed E-state index contributed by atoms with van der Waals surface area (Å²) in [5.41, 5.74) is 3.12. The summed E-state index contributed by atoms with van der Waals surface area (Å²) in [6.07, 6.45) is 1.64. The molecule has 2 heterocycles. The number of sulfonamides is 1. The third kappa shape index (κ3) is 5.41. The Kier molecular flexibility index (Phi) is 7.08. The first-order chi connectivity index (χ1) is 15.9. The first kappa shape index (κ1) is 23.4. The fourth-order valence-electron chi connectivity index (χ4n) is 3.63. The molecule has 3 aromatic rings. The van der Waals surface area contributed by atoms with Crippen LogP contribution in [0.3, 0.4) is 0 Å². The predicted octanol–water partition coefficient (Wildman–Crippen LogP) is 4.24. The monoisotopic (exact) mass is 486 g/mol. The number of urea groups is 1. The summed E-state index contributed by atoms with van der Waals surface area (Å²) < 4.78 is 32.8. The summed E-state index contributed by atoms with van der Waals surface area (Å²) in [4.78, 5) is 19.1. The van der Waals surface area contributed by atoms with Gasteiger partial charge in [-0.3, -0.25) is 4.90 Å². The maximum Gasteiger partial charge on any atom is 0.328 e. The Morgan fingerprint density at radius 1 is 1.15 bits per heavy atom. The lowest BCUT2D eigenvalue weighted by molar-refractivity contribution is 0.116. The van der Waals surface area contributed by atoms with Crippen molar-refractivity contribution in [1.29, 1.82) is 0 Å². The molecule has 1 atom stereocenters. The number of amides is 2. The Morgan fingerprint density at radius 3 is 2.48 bits per heavy atom. The topological polar surface area (TPSA) is 101 Å². The summed E-state index contributed by atoms with van der Waals surface area (Å²) in [6, 6.07) is 17.2. The van der Waals surface area contributed by atoms with Gasteiger partial charge in [-0.1, -0.05) is 53.8 Å². The van der Waals surface area contributed by atoms with Crippen LogP contribution in [0.1, 0.15) is 18.5 Å². The zero-order valence-electron chi connectivity index (χ0n) is 18.4. The molecule has 1 saturated heterocycles. The highest BCUT2D eigenvalue weighted by atomic mass is 32.2. The largest absolute Gasteiger partial charge is 0.376 e. The zero-order chi connectivity index (χ0) is 23.4. The molecule has 1 fully saturated rings. The third-order valence-corrected chi connectivity index (χ3v) is 8.59. The lowest BCUT2D eigenvalue weighted by atomic mass is 10.1. The van der Waals surface area contributed by atoms with Crippen molar-refractivity contribution in [1.82, 2.24) is 9.71 Å². The number of ether oxygens (including phenoxy) is 1. The van der Waals surface area contributed by atoms with Crippen LogP contribution in [0.15, 0.2) is 58.8 Å². The molecule has 4 rings (SSSR count). The lowest BCUT2D eigenvalue weighted by Crippen LogP contribution is -2.40. The fraction of sp³-hybridized carbons (Fsp3) is 0.304. The van der Waals surface area contributed by atoms with Gasteiger partial charge in [0.1, 0.15) is 0 Å². The molecule has 1 aliphatic rings. The number of hydrogen-bond acceptors (Lipinski definition) is 6. The average molecular weight is 487 g/mol. The minimum atomic E-state index is -3.67. The number of aryl methyl sites for hydroxylation is 1. The van der Waals surface area contributed by atoms with E-state index < -0.39 is 10.0 Å². The van der Waals surface area contributed by atoms with E-state index in [1.165, 1.54) is 11.9 Å². The molecule has 1 aromatic heterocycles. The molecule has 2 N–H and O–H groups in total. The molecule has 174 valence electrons. The number of aromatic nitrogens is 1. The zero-order valence-corrected chi connectivity index (χ0v) is 20.1. The van der Waals surface area contributed by atoms with Crippen LogP contribution in [0, 0.1) is 6.92 Å². The molecule has 2 aromatic carbocycles. The van der Waals surface area contributed by atoms with E-state index >= 15 is 0 Å². The van der Waals surface area contributed by atoms with Gasteiger partial charge in [-0.2, -0.15) is 0 Å². The van der Waals surface area contributed by atoms with Gasteiger partial charge >= 0.3 is 6.03 Å². The fourth-order valence-corrected chi connectivity index (χ4v) is 5.98. The van der Waals surface area contributed by atoms with E-state index in [0.717, 1.165) is 35.3 Å². The van der Waals surface area contributed by atoms with Crippen LogP contribution >= 0.6 is 11.3 Å². The van der Waals surface area contributed by atoms with Crippen LogP contribution in [-0.4, -0.2) is 45.7 Å². The number of carbonyl (C=O) groups excluding carboxylic acids is 1. The van der Waals surface area contributed by atoms with Gasteiger partial charge in [0.2, 0.25) is 0 Å². The molecule has 0 bridgehead atoms. The molecule has 0 saturated carbocycles. The number of nitrogens with one attached hydrogen (secondary N) is 2. The van der Waals surface area contributed by atoms with Gasteiger partial charge in [0.25, 0.3) is 10.0 Å². The predicted molar refractivity (Wildman–Crippen MR) is 130 cm³/mol. The maximum atomic E-state index is 13.3. The van der Waals surface area contributed by atoms with Crippen LogP contribution < -0.4 is 14.9 Å². The Labute approximate surface area is 197 Å². The summed E-state index contributed by atoms with van der Waals surface area (Å²) in [6.45, 7) is 2.56. The highest BCUT2D eigenvalue weighted by molar-refractivity contribution is 7.91. The van der Waals surface area contributed by atoms with E-state index in [1.54, 1.807) is 6.92 Å². The van der Waals surface area contributed by atoms with Gasteiger partial charge < -0.3 is 10.1 Å². The molecule has 1 unspecified atom stereocenters. The second-order valence-electron chi connectivity index (χ2n) is 7.70. The highest BCUT2D eigenvalue weighted by Crippen LogP contribution is 2.31. The van der Waals surface area contributed by atoms with Crippen molar-refractivity contribution in [2.75, 3.05) is 30.4 Å². The van der Waals surface area contributed by atoms with E-state index in [9.17, 15) is 13.2 Å². The second kappa shape index (κ2) is 10.0. The number of carbonyl (C=O) groups is 1. The normalized spacial score (nSPS) is 16.0. The minimum absolute atomic E-state index is 0.0948. The van der Waals surface area contributed by atoms with Crippen LogP contribution in [0.4, 0.5) is 15.6 Å². The Morgan fingerprint density at radius 2 is 1.85 bits per heavy atom. The van der Waals surface area contributed by atoms with Crippen molar-refractivity contribution in [3.63, 3.8) is 0 Å². The molecule has 0 radical (unpaired) electrons. The summed E-state index contributed by atoms with van der Waals surface area (Å²) in [7, 11) is -2.32. The quantitative estimate of drug-likeness (QED) is 0.520. The molecule has 33 heavy (non-hydrogen) atoms. The van der Waals surface area contributed by atoms with Gasteiger partial charge in [-0.25, -0.2) is 22.9 Å². The maximum absolute atomic E-state index is 13.3. The van der Waals surface area contributed by atoms with Crippen molar-refractivity contribution in [2.45, 2.75) is 30.1 Å². The molecule has 0 spiro atoms. The smallest absolute Gasteiger partial charge is 0.328 e. The SMILES string of the molecule is CNS(=O)(=O)c1sc(N(CC2CCCO2)C(=O)Nc2ccc(-c3ccccc3)cc2)nc1C. The van der Waals surface area contributed by atoms with Gasteiger partial charge in [0.15, 0.2) is 9.34 Å². The number of nitrogens with zero attached hydrogens (tertiary/aromatic N) is 2. The number of thiazole rings is 1. The van der Waals surface area contributed by atoms with Crippen molar-refractivity contribution < 1.29 is 17.9 Å². The molecular weight excluding hydrogens is 460 g/mol. The summed E-state index contributed by atoms with van der Waals surface area (Å²) in [5.74, 6) is 0. The molecule has 0 aliphatic carbocycles. The van der Waals surface area contributed by atoms with E-state index in [0.29, 0.717) is 29.7 Å². The summed E-state index contributed by atoms with van der Waals surface area (Å²) in [5, 5.41) is 3.22. The number of rotatable bonds is 7. The first-order valence-electron chi connectivity index (χ1n) is 10.6. The Bertz CT molecular complexity index is 1210. The van der Waals surface area contributed by atoms with E-state index in [4.69, 9.17) is 4.74 Å². The minimum Gasteiger partial charge on any atom is -0.376 e. The first-order valence-corrected chi connectivity index (χ1v) is 12.9. The van der Waals surface area contributed by atoms with E-state index in [2.05, 4.69) is 15.0 Å². The highest BCUT2D eigenvalue weighted by Gasteiger charge is 2.29. The average Bonchev–Trinajstić information content (AvgIpc) is 3.48. The number of benzene rings is 2. The second-order valence-corrected chi connectivity index (χ2v) is 10.8. The van der Waals surface area contributed by atoms with Gasteiger partial charge in [-0.05, 0) is 50.1 Å². The van der Waals surface area contributed by atoms with Crippen molar-refractivity contribution in [2.24, 2.45) is 0 Å². The Hall–Kier alpha value is -2.79. The molecule has 8 nitrogen and oxygen atoms in total. The van der Waals surface area contributed by atoms with Crippen LogP contribution in [0.2, 0.25) is 0 Å². The Balaban J connectivity index is 1.57. The van der Waals surface area contributed by atoms with Crippen molar-refractivity contribution >= 4 is 38.2 Å². The number of hydrogen-bond donors (Lipinski definition) is 2. The molecule has 1 aliphatic heterocycles. The van der Waals surface area contributed by atoms with E-state index in [1.807, 2.05) is 54.6 Å². The van der Waals surface area contributed by atoms with Crippen LogP contribution in [-0.2, 0) is 14.8 Å². The third-order valence-electron chi connectivity index (χ3n) is 5.39. The molecular formula is C23H26N4O4S2. The van der Waals surface area contributed by atoms with E-state index in [-0.39, 0.29) is 16.3 Å². The van der Waals surface area contributed by atoms with Crippen LogP contribution in [0.25, 0.3) is 11.1 Å². The number of anilines is 2. The van der Waals surface area contributed by atoms with Crippen LogP contribution in [0.5, 0.6) is 0 Å². The van der Waals surface area contributed by atoms with Crippen molar-refractivity contribution in [3.05, 3.63) is 60.3 Å². The van der Waals surface area contributed by atoms with Crippen molar-refractivity contribution in [3.8, 4) is 11.1 Å². The lowest BCUT2D eigenvalue weighted by Gasteiger charge is -2.23. The summed E-state index contributed by atoms with van der Waals surface area (Å²) >= 11 is 0.969. The molecule has 2 amide bonds. The standard InChI is InChI=1S/C23H26N4O4S2/c1-16-21(33(29,30)24-2)32-23(25-16)27(15-20-9-6-14-31-20)22(28)26-19-12-10-18(11-13-19)17-7-4-3-5-8-17/h3-5,7-8,10-13,20,24H,6,9,14-15H2,1-2H3,(H,26,28).